The van der Waals surface area contributed by atoms with E-state index in [9.17, 15) is 14.0 Å². The number of likely N-dealkylation sites (tertiary alicyclic amines) is 1. The van der Waals surface area contributed by atoms with Crippen LogP contribution in [0.2, 0.25) is 0 Å². The first-order chi connectivity index (χ1) is 13.2. The van der Waals surface area contributed by atoms with Crippen molar-refractivity contribution in [2.75, 3.05) is 6.54 Å². The highest BCUT2D eigenvalue weighted by atomic mass is 19.1. The molecule has 2 heterocycles. The molecule has 1 aromatic carbocycles. The summed E-state index contributed by atoms with van der Waals surface area (Å²) in [5, 5.41) is 10.6. The Labute approximate surface area is 163 Å². The number of carbonyl (C=O) groups is 2. The van der Waals surface area contributed by atoms with E-state index in [2.05, 4.69) is 15.6 Å². The van der Waals surface area contributed by atoms with Gasteiger partial charge in [0.2, 0.25) is 0 Å². The summed E-state index contributed by atoms with van der Waals surface area (Å²) in [4.78, 5) is 26.5. The SMILES string of the molecule is Cc1ccc(C(=O)N2CC(F)CC2Cn2cc(C(=O)NC(C)C)nn2)cc1C. The van der Waals surface area contributed by atoms with E-state index in [1.165, 1.54) is 10.9 Å². The topological polar surface area (TPSA) is 80.1 Å². The molecule has 2 unspecified atom stereocenters. The van der Waals surface area contributed by atoms with Crippen LogP contribution in [0.1, 0.15) is 52.2 Å². The lowest BCUT2D eigenvalue weighted by Crippen LogP contribution is -2.38. The van der Waals surface area contributed by atoms with Crippen LogP contribution in [-0.4, -0.2) is 56.5 Å². The third-order valence-corrected chi connectivity index (χ3v) is 4.97. The summed E-state index contributed by atoms with van der Waals surface area (Å²) in [7, 11) is 0. The van der Waals surface area contributed by atoms with Crippen LogP contribution in [0, 0.1) is 13.8 Å². The monoisotopic (exact) mass is 387 g/mol. The smallest absolute Gasteiger partial charge is 0.273 e. The van der Waals surface area contributed by atoms with Crippen molar-refractivity contribution in [1.82, 2.24) is 25.2 Å². The third kappa shape index (κ3) is 4.37. The minimum absolute atomic E-state index is 0.00847. The Morgan fingerprint density at radius 1 is 1.29 bits per heavy atom. The van der Waals surface area contributed by atoms with Gasteiger partial charge < -0.3 is 10.2 Å². The zero-order chi connectivity index (χ0) is 20.4. The molecule has 1 saturated heterocycles. The number of rotatable bonds is 5. The largest absolute Gasteiger partial charge is 0.348 e. The van der Waals surface area contributed by atoms with E-state index in [0.717, 1.165) is 11.1 Å². The first-order valence-electron chi connectivity index (χ1n) is 9.48. The number of carbonyl (C=O) groups excluding carboxylic acids is 2. The van der Waals surface area contributed by atoms with Crippen molar-refractivity contribution in [3.05, 3.63) is 46.8 Å². The molecule has 150 valence electrons. The number of nitrogens with one attached hydrogen (secondary N) is 1. The van der Waals surface area contributed by atoms with Crippen molar-refractivity contribution in [3.63, 3.8) is 0 Å². The summed E-state index contributed by atoms with van der Waals surface area (Å²) in [6, 6.07) is 5.16. The van der Waals surface area contributed by atoms with Crippen LogP contribution in [0.4, 0.5) is 4.39 Å². The van der Waals surface area contributed by atoms with Crippen molar-refractivity contribution >= 4 is 11.8 Å². The number of alkyl halides is 1. The van der Waals surface area contributed by atoms with Gasteiger partial charge in [-0.05, 0) is 51.0 Å². The number of nitrogens with zero attached hydrogens (tertiary/aromatic N) is 4. The second kappa shape index (κ2) is 8.08. The van der Waals surface area contributed by atoms with E-state index in [0.29, 0.717) is 12.1 Å². The molecule has 1 aliphatic rings. The predicted octanol–water partition coefficient (Wildman–Crippen LogP) is 2.29. The van der Waals surface area contributed by atoms with Gasteiger partial charge in [-0.1, -0.05) is 11.3 Å². The van der Waals surface area contributed by atoms with Gasteiger partial charge >= 0.3 is 0 Å². The summed E-state index contributed by atoms with van der Waals surface area (Å²) in [5.74, 6) is -0.495. The van der Waals surface area contributed by atoms with Crippen molar-refractivity contribution in [3.8, 4) is 0 Å². The highest BCUT2D eigenvalue weighted by molar-refractivity contribution is 5.95. The highest BCUT2D eigenvalue weighted by Gasteiger charge is 2.36. The lowest BCUT2D eigenvalue weighted by molar-refractivity contribution is 0.0714. The fraction of sp³-hybridized carbons (Fsp3) is 0.500. The Morgan fingerprint density at radius 2 is 2.04 bits per heavy atom. The molecule has 1 fully saturated rings. The summed E-state index contributed by atoms with van der Waals surface area (Å²) in [6.07, 6.45) is 0.694. The quantitative estimate of drug-likeness (QED) is 0.854. The zero-order valence-corrected chi connectivity index (χ0v) is 16.6. The van der Waals surface area contributed by atoms with Crippen molar-refractivity contribution in [2.45, 2.75) is 58.9 Å². The molecular weight excluding hydrogens is 361 g/mol. The van der Waals surface area contributed by atoms with Gasteiger partial charge in [-0.25, -0.2) is 9.07 Å². The Hall–Kier alpha value is -2.77. The Kier molecular flexibility index (Phi) is 5.76. The minimum Gasteiger partial charge on any atom is -0.348 e. The molecule has 3 rings (SSSR count). The number of benzene rings is 1. The number of amides is 2. The first kappa shape index (κ1) is 20.0. The number of aryl methyl sites for hydroxylation is 2. The average molecular weight is 387 g/mol. The van der Waals surface area contributed by atoms with Gasteiger partial charge in [-0.15, -0.1) is 5.10 Å². The second-order valence-electron chi connectivity index (χ2n) is 7.70. The van der Waals surface area contributed by atoms with Gasteiger partial charge in [0.15, 0.2) is 5.69 Å². The molecule has 0 radical (unpaired) electrons. The number of hydrogen-bond donors (Lipinski definition) is 1. The van der Waals surface area contributed by atoms with Gasteiger partial charge in [0.1, 0.15) is 6.17 Å². The van der Waals surface area contributed by atoms with E-state index in [1.54, 1.807) is 11.0 Å². The molecule has 1 aliphatic heterocycles. The van der Waals surface area contributed by atoms with Crippen LogP contribution >= 0.6 is 0 Å². The predicted molar refractivity (Wildman–Crippen MR) is 103 cm³/mol. The van der Waals surface area contributed by atoms with Crippen molar-refractivity contribution in [2.24, 2.45) is 0 Å². The van der Waals surface area contributed by atoms with Crippen LogP contribution in [-0.2, 0) is 6.54 Å². The molecule has 1 aromatic heterocycles. The molecule has 0 bridgehead atoms. The lowest BCUT2D eigenvalue weighted by atomic mass is 10.1. The Bertz CT molecular complexity index is 879. The standard InChI is InChI=1S/C20H26FN5O2/c1-12(2)22-19(27)18-11-25(24-23-18)10-17-8-16(21)9-26(17)20(28)15-6-5-13(3)14(4)7-15/h5-7,11-12,16-17H,8-10H2,1-4H3,(H,22,27). The van der Waals surface area contributed by atoms with Gasteiger partial charge in [-0.3, -0.25) is 9.59 Å². The van der Waals surface area contributed by atoms with Crippen LogP contribution in [0.5, 0.6) is 0 Å². The summed E-state index contributed by atoms with van der Waals surface area (Å²) in [5.41, 5.74) is 2.89. The van der Waals surface area contributed by atoms with Gasteiger partial charge in [0, 0.05) is 18.0 Å². The first-order valence-corrected chi connectivity index (χ1v) is 9.48. The van der Waals surface area contributed by atoms with Gasteiger partial charge in [0.05, 0.1) is 25.3 Å². The fourth-order valence-electron chi connectivity index (χ4n) is 3.37. The second-order valence-corrected chi connectivity index (χ2v) is 7.70. The van der Waals surface area contributed by atoms with Crippen LogP contribution < -0.4 is 5.32 Å². The number of hydrogen-bond acceptors (Lipinski definition) is 4. The lowest BCUT2D eigenvalue weighted by Gasteiger charge is -2.24. The molecule has 0 saturated carbocycles. The molecule has 8 heteroatoms. The van der Waals surface area contributed by atoms with Gasteiger partial charge in [-0.2, -0.15) is 0 Å². The van der Waals surface area contributed by atoms with E-state index in [-0.39, 0.29) is 42.6 Å². The van der Waals surface area contributed by atoms with Crippen LogP contribution in [0.3, 0.4) is 0 Å². The summed E-state index contributed by atoms with van der Waals surface area (Å²) in [6.45, 7) is 8.00. The van der Waals surface area contributed by atoms with E-state index in [1.807, 2.05) is 39.8 Å². The summed E-state index contributed by atoms with van der Waals surface area (Å²) < 4.78 is 15.6. The fourth-order valence-corrected chi connectivity index (χ4v) is 3.37. The van der Waals surface area contributed by atoms with E-state index < -0.39 is 6.17 Å². The zero-order valence-electron chi connectivity index (χ0n) is 16.6. The van der Waals surface area contributed by atoms with Crippen LogP contribution in [0.25, 0.3) is 0 Å². The molecule has 2 atom stereocenters. The maximum Gasteiger partial charge on any atom is 0.273 e. The molecule has 2 amide bonds. The van der Waals surface area contributed by atoms with Crippen molar-refractivity contribution < 1.29 is 14.0 Å². The maximum absolute atomic E-state index is 14.1. The molecule has 7 nitrogen and oxygen atoms in total. The van der Waals surface area contributed by atoms with Crippen LogP contribution in [0.15, 0.2) is 24.4 Å². The molecule has 2 aromatic rings. The average Bonchev–Trinajstić information content (AvgIpc) is 3.23. The number of halogens is 1. The third-order valence-electron chi connectivity index (χ3n) is 4.97. The Balaban J connectivity index is 1.74. The van der Waals surface area contributed by atoms with E-state index in [4.69, 9.17) is 0 Å². The molecular formula is C20H26FN5O2. The normalized spacial score (nSPS) is 19.3. The van der Waals surface area contributed by atoms with E-state index >= 15 is 0 Å². The molecule has 0 aliphatic carbocycles. The van der Waals surface area contributed by atoms with Crippen molar-refractivity contribution in [1.29, 1.82) is 0 Å². The minimum atomic E-state index is -1.08. The Morgan fingerprint density at radius 3 is 2.71 bits per heavy atom. The number of aromatic nitrogens is 3. The maximum atomic E-state index is 14.1. The molecule has 0 spiro atoms. The molecule has 28 heavy (non-hydrogen) atoms. The summed E-state index contributed by atoms with van der Waals surface area (Å²) >= 11 is 0. The molecule has 1 N–H and O–H groups in total. The van der Waals surface area contributed by atoms with Gasteiger partial charge in [0.25, 0.3) is 11.8 Å². The highest BCUT2D eigenvalue weighted by Crippen LogP contribution is 2.24.